The van der Waals surface area contributed by atoms with Gasteiger partial charge in [0.05, 0.1) is 11.9 Å². The maximum absolute atomic E-state index is 12.4. The van der Waals surface area contributed by atoms with Crippen LogP contribution in [0.5, 0.6) is 0 Å². The summed E-state index contributed by atoms with van der Waals surface area (Å²) in [5.41, 5.74) is 6.55. The van der Waals surface area contributed by atoms with Crippen molar-refractivity contribution in [2.75, 3.05) is 36.8 Å². The third-order valence-corrected chi connectivity index (χ3v) is 3.48. The average molecular weight is 284 g/mol. The van der Waals surface area contributed by atoms with E-state index >= 15 is 0 Å². The Kier molecular flexibility index (Phi) is 3.63. The molecule has 1 amide bonds. The number of pyridine rings is 1. The molecule has 7 nitrogen and oxygen atoms in total. The summed E-state index contributed by atoms with van der Waals surface area (Å²) in [5.74, 6) is 0.717. The number of aromatic nitrogens is 3. The topological polar surface area (TPSA) is 88.2 Å². The lowest BCUT2D eigenvalue weighted by atomic mass is 10.2. The van der Waals surface area contributed by atoms with E-state index in [2.05, 4.69) is 19.9 Å². The molecule has 0 bridgehead atoms. The van der Waals surface area contributed by atoms with E-state index in [-0.39, 0.29) is 5.91 Å². The fraction of sp³-hybridized carbons (Fsp3) is 0.286. The minimum Gasteiger partial charge on any atom is -0.397 e. The molecule has 0 spiro atoms. The molecule has 3 rings (SSSR count). The normalized spacial score (nSPS) is 15.0. The SMILES string of the molecule is Nc1cccnc1C(=O)N1CCN(c2cnccn2)CC1. The van der Waals surface area contributed by atoms with Gasteiger partial charge in [0.25, 0.3) is 5.91 Å². The summed E-state index contributed by atoms with van der Waals surface area (Å²) in [7, 11) is 0. The number of piperazine rings is 1. The van der Waals surface area contributed by atoms with Gasteiger partial charge in [-0.3, -0.25) is 9.78 Å². The number of rotatable bonds is 2. The highest BCUT2D eigenvalue weighted by Crippen LogP contribution is 2.15. The largest absolute Gasteiger partial charge is 0.397 e. The number of carbonyl (C=O) groups excluding carboxylic acids is 1. The monoisotopic (exact) mass is 284 g/mol. The number of nitrogens with two attached hydrogens (primary N) is 1. The zero-order chi connectivity index (χ0) is 14.7. The van der Waals surface area contributed by atoms with Crippen LogP contribution in [0, 0.1) is 0 Å². The molecule has 108 valence electrons. The number of nitrogen functional groups attached to an aromatic ring is 1. The molecule has 0 saturated carbocycles. The molecule has 1 aliphatic heterocycles. The second-order valence-corrected chi connectivity index (χ2v) is 4.78. The van der Waals surface area contributed by atoms with Crippen molar-refractivity contribution in [3.63, 3.8) is 0 Å². The summed E-state index contributed by atoms with van der Waals surface area (Å²) in [4.78, 5) is 28.7. The molecule has 7 heteroatoms. The predicted molar refractivity (Wildman–Crippen MR) is 78.8 cm³/mol. The molecule has 1 aliphatic rings. The van der Waals surface area contributed by atoms with Crippen molar-refractivity contribution in [1.82, 2.24) is 19.9 Å². The molecule has 2 aromatic rings. The summed E-state index contributed by atoms with van der Waals surface area (Å²) in [6.45, 7) is 2.67. The summed E-state index contributed by atoms with van der Waals surface area (Å²) in [5, 5.41) is 0. The third kappa shape index (κ3) is 2.76. The molecular formula is C14H16N6O. The Morgan fingerprint density at radius 3 is 2.57 bits per heavy atom. The molecule has 0 unspecified atom stereocenters. The van der Waals surface area contributed by atoms with Crippen molar-refractivity contribution in [2.24, 2.45) is 0 Å². The van der Waals surface area contributed by atoms with Gasteiger partial charge in [-0.15, -0.1) is 0 Å². The molecular weight excluding hydrogens is 268 g/mol. The number of carbonyl (C=O) groups is 1. The van der Waals surface area contributed by atoms with Crippen LogP contribution in [-0.2, 0) is 0 Å². The van der Waals surface area contributed by atoms with Crippen molar-refractivity contribution in [3.8, 4) is 0 Å². The molecule has 1 saturated heterocycles. The molecule has 0 aromatic carbocycles. The maximum atomic E-state index is 12.4. The zero-order valence-corrected chi connectivity index (χ0v) is 11.5. The Morgan fingerprint density at radius 1 is 1.10 bits per heavy atom. The van der Waals surface area contributed by atoms with Crippen LogP contribution in [0.4, 0.5) is 11.5 Å². The fourth-order valence-corrected chi connectivity index (χ4v) is 2.34. The highest BCUT2D eigenvalue weighted by atomic mass is 16.2. The Balaban J connectivity index is 1.66. The number of amides is 1. The van der Waals surface area contributed by atoms with Gasteiger partial charge in [0.1, 0.15) is 5.82 Å². The van der Waals surface area contributed by atoms with E-state index in [9.17, 15) is 4.79 Å². The van der Waals surface area contributed by atoms with Crippen LogP contribution in [0.1, 0.15) is 10.5 Å². The van der Waals surface area contributed by atoms with Crippen molar-refractivity contribution >= 4 is 17.4 Å². The zero-order valence-electron chi connectivity index (χ0n) is 11.5. The molecule has 2 aromatic heterocycles. The van der Waals surface area contributed by atoms with Gasteiger partial charge in [-0.25, -0.2) is 9.97 Å². The van der Waals surface area contributed by atoms with Crippen LogP contribution in [0.2, 0.25) is 0 Å². The summed E-state index contributed by atoms with van der Waals surface area (Å²) < 4.78 is 0. The first-order chi connectivity index (χ1) is 10.3. The average Bonchev–Trinajstić information content (AvgIpc) is 2.56. The highest BCUT2D eigenvalue weighted by molar-refractivity contribution is 5.97. The Bertz CT molecular complexity index is 624. The Labute approximate surface area is 122 Å². The molecule has 2 N–H and O–H groups in total. The lowest BCUT2D eigenvalue weighted by molar-refractivity contribution is 0.0742. The van der Waals surface area contributed by atoms with Crippen molar-refractivity contribution in [1.29, 1.82) is 0 Å². The molecule has 1 fully saturated rings. The molecule has 21 heavy (non-hydrogen) atoms. The summed E-state index contributed by atoms with van der Waals surface area (Å²) in [6.07, 6.45) is 6.63. The number of nitrogens with zero attached hydrogens (tertiary/aromatic N) is 5. The van der Waals surface area contributed by atoms with E-state index in [1.54, 1.807) is 41.8 Å². The third-order valence-electron chi connectivity index (χ3n) is 3.48. The van der Waals surface area contributed by atoms with Crippen LogP contribution < -0.4 is 10.6 Å². The number of hydrogen-bond donors (Lipinski definition) is 1. The molecule has 0 aliphatic carbocycles. The van der Waals surface area contributed by atoms with E-state index in [0.717, 1.165) is 18.9 Å². The molecule has 3 heterocycles. The van der Waals surface area contributed by atoms with E-state index in [1.165, 1.54) is 0 Å². The number of hydrogen-bond acceptors (Lipinski definition) is 6. The van der Waals surface area contributed by atoms with Crippen molar-refractivity contribution in [3.05, 3.63) is 42.6 Å². The van der Waals surface area contributed by atoms with Gasteiger partial charge in [-0.05, 0) is 12.1 Å². The highest BCUT2D eigenvalue weighted by Gasteiger charge is 2.24. The van der Waals surface area contributed by atoms with Gasteiger partial charge in [0.2, 0.25) is 0 Å². The lowest BCUT2D eigenvalue weighted by Gasteiger charge is -2.35. The van der Waals surface area contributed by atoms with Crippen LogP contribution >= 0.6 is 0 Å². The van der Waals surface area contributed by atoms with Crippen LogP contribution in [0.25, 0.3) is 0 Å². The summed E-state index contributed by atoms with van der Waals surface area (Å²) in [6, 6.07) is 3.41. The smallest absolute Gasteiger partial charge is 0.274 e. The first-order valence-corrected chi connectivity index (χ1v) is 6.76. The standard InChI is InChI=1S/C14H16N6O/c15-11-2-1-3-18-13(11)14(21)20-8-6-19(7-9-20)12-10-16-4-5-17-12/h1-5,10H,6-9,15H2. The fourth-order valence-electron chi connectivity index (χ4n) is 2.34. The predicted octanol–water partition coefficient (Wildman–Crippen LogP) is 0.416. The minimum atomic E-state index is -0.119. The van der Waals surface area contributed by atoms with Crippen LogP contribution in [0.3, 0.4) is 0 Å². The quantitative estimate of drug-likeness (QED) is 0.859. The summed E-state index contributed by atoms with van der Waals surface area (Å²) >= 11 is 0. The Morgan fingerprint density at radius 2 is 1.90 bits per heavy atom. The van der Waals surface area contributed by atoms with E-state index in [1.807, 2.05) is 0 Å². The van der Waals surface area contributed by atoms with E-state index in [4.69, 9.17) is 5.73 Å². The second kappa shape index (κ2) is 5.74. The maximum Gasteiger partial charge on any atom is 0.274 e. The van der Waals surface area contributed by atoms with Crippen LogP contribution in [-0.4, -0.2) is 51.9 Å². The van der Waals surface area contributed by atoms with Crippen molar-refractivity contribution in [2.45, 2.75) is 0 Å². The van der Waals surface area contributed by atoms with Gasteiger partial charge >= 0.3 is 0 Å². The lowest BCUT2D eigenvalue weighted by Crippen LogP contribution is -2.49. The molecule has 0 atom stereocenters. The first kappa shape index (κ1) is 13.3. The van der Waals surface area contributed by atoms with Crippen molar-refractivity contribution < 1.29 is 4.79 Å². The minimum absolute atomic E-state index is 0.119. The second-order valence-electron chi connectivity index (χ2n) is 4.78. The first-order valence-electron chi connectivity index (χ1n) is 6.76. The van der Waals surface area contributed by atoms with Gasteiger partial charge in [0, 0.05) is 44.8 Å². The molecule has 0 radical (unpaired) electrons. The van der Waals surface area contributed by atoms with Gasteiger partial charge in [-0.2, -0.15) is 0 Å². The van der Waals surface area contributed by atoms with E-state index < -0.39 is 0 Å². The van der Waals surface area contributed by atoms with Gasteiger partial charge in [0.15, 0.2) is 5.69 Å². The van der Waals surface area contributed by atoms with Crippen LogP contribution in [0.15, 0.2) is 36.9 Å². The van der Waals surface area contributed by atoms with E-state index in [0.29, 0.717) is 24.5 Å². The number of anilines is 2. The van der Waals surface area contributed by atoms with Gasteiger partial charge in [-0.1, -0.05) is 0 Å². The Hall–Kier alpha value is -2.70. The van der Waals surface area contributed by atoms with Gasteiger partial charge < -0.3 is 15.5 Å².